The molecule has 0 unspecified atom stereocenters. The molecule has 1 amide bonds. The van der Waals surface area contributed by atoms with Gasteiger partial charge in [-0.05, 0) is 30.7 Å². The van der Waals surface area contributed by atoms with E-state index >= 15 is 0 Å². The Hall–Kier alpha value is -1.13. The van der Waals surface area contributed by atoms with Gasteiger partial charge in [0.1, 0.15) is 0 Å². The van der Waals surface area contributed by atoms with Crippen molar-refractivity contribution in [3.05, 3.63) is 4.91 Å². The zero-order valence-corrected chi connectivity index (χ0v) is 9.23. The van der Waals surface area contributed by atoms with E-state index in [4.69, 9.17) is 4.74 Å². The van der Waals surface area contributed by atoms with Crippen molar-refractivity contribution in [3.63, 3.8) is 0 Å². The predicted octanol–water partition coefficient (Wildman–Crippen LogP) is 2.06. The van der Waals surface area contributed by atoms with Gasteiger partial charge in [-0.1, -0.05) is 6.92 Å². The normalized spacial score (nSPS) is 36.1. The second kappa shape index (κ2) is 3.47. The van der Waals surface area contributed by atoms with Crippen LogP contribution >= 0.6 is 0 Å². The number of nitroso groups, excluding NO2 is 1. The quantitative estimate of drug-likeness (QED) is 0.626. The smallest absolute Gasteiger partial charge is 0.374 e. The van der Waals surface area contributed by atoms with Gasteiger partial charge < -0.3 is 4.74 Å². The Balaban J connectivity index is 2.17. The predicted molar refractivity (Wildman–Crippen MR) is 52.9 cm³/mol. The first-order valence-electron chi connectivity index (χ1n) is 5.57. The fraction of sp³-hybridized carbons (Fsp3) is 0.900. The molecule has 0 bridgehead atoms. The van der Waals surface area contributed by atoms with Gasteiger partial charge in [0, 0.05) is 0 Å². The maximum absolute atomic E-state index is 11.9. The molecule has 1 saturated carbocycles. The first-order chi connectivity index (χ1) is 7.09. The lowest BCUT2D eigenvalue weighted by molar-refractivity contribution is -0.753. The number of carbonyl (C=O) groups excluding carboxylic acids is 1. The van der Waals surface area contributed by atoms with E-state index in [1.54, 1.807) is 6.92 Å². The number of ether oxygens (including phenoxy) is 1. The van der Waals surface area contributed by atoms with E-state index in [0.717, 1.165) is 22.7 Å². The van der Waals surface area contributed by atoms with Crippen molar-refractivity contribution in [1.29, 1.82) is 0 Å². The van der Waals surface area contributed by atoms with Gasteiger partial charge >= 0.3 is 11.8 Å². The Kier molecular flexibility index (Phi) is 2.40. The summed E-state index contributed by atoms with van der Waals surface area (Å²) in [4.78, 5) is 24.1. The fourth-order valence-electron chi connectivity index (χ4n) is 2.31. The van der Waals surface area contributed by atoms with Crippen LogP contribution in [0.2, 0.25) is 0 Å². The Bertz CT molecular complexity index is 295. The molecule has 84 valence electrons. The van der Waals surface area contributed by atoms with Gasteiger partial charge in [0.15, 0.2) is 4.87 Å². The van der Waals surface area contributed by atoms with Crippen LogP contribution in [0, 0.1) is 10.8 Å². The minimum absolute atomic E-state index is 0.375. The van der Waals surface area contributed by atoms with Crippen molar-refractivity contribution in [2.24, 2.45) is 5.92 Å². The summed E-state index contributed by atoms with van der Waals surface area (Å²) in [6, 6.07) is 0. The van der Waals surface area contributed by atoms with Gasteiger partial charge in [0.2, 0.25) is 0 Å². The number of carbonyl (C=O) groups is 1. The van der Waals surface area contributed by atoms with Crippen LogP contribution in [0.5, 0.6) is 0 Å². The van der Waals surface area contributed by atoms with E-state index in [2.05, 4.69) is 6.92 Å². The maximum atomic E-state index is 11.9. The molecule has 15 heavy (non-hydrogen) atoms. The Morgan fingerprint density at radius 1 is 1.53 bits per heavy atom. The number of rotatable bonds is 1. The number of hydrazine groups is 1. The second-order valence-corrected chi connectivity index (χ2v) is 4.49. The third-order valence-corrected chi connectivity index (χ3v) is 3.41. The lowest BCUT2D eigenvalue weighted by Crippen LogP contribution is -2.44. The molecule has 0 aromatic heterocycles. The molecule has 2 fully saturated rings. The van der Waals surface area contributed by atoms with E-state index < -0.39 is 11.8 Å². The lowest BCUT2D eigenvalue weighted by atomic mass is 9.85. The van der Waals surface area contributed by atoms with Gasteiger partial charge in [-0.25, -0.2) is 4.79 Å². The zero-order valence-electron chi connectivity index (χ0n) is 9.23. The summed E-state index contributed by atoms with van der Waals surface area (Å²) in [6.07, 6.45) is 2.70. The van der Waals surface area contributed by atoms with Crippen molar-refractivity contribution in [1.82, 2.24) is 5.01 Å². The van der Waals surface area contributed by atoms with Crippen LogP contribution in [-0.2, 0) is 4.74 Å². The summed E-state index contributed by atoms with van der Waals surface area (Å²) >= 11 is 0. The van der Waals surface area contributed by atoms with Crippen molar-refractivity contribution >= 4 is 6.09 Å². The number of hydrogen-bond acceptors (Lipinski definition) is 3. The Morgan fingerprint density at radius 2 is 2.13 bits per heavy atom. The zero-order chi connectivity index (χ0) is 11.1. The van der Waals surface area contributed by atoms with Crippen LogP contribution in [-0.4, -0.2) is 28.2 Å². The monoisotopic (exact) mass is 213 g/mol. The summed E-state index contributed by atoms with van der Waals surface area (Å²) in [5.74, 6) is 0.624. The third-order valence-electron chi connectivity index (χ3n) is 3.41. The highest BCUT2D eigenvalue weighted by molar-refractivity contribution is 5.67. The van der Waals surface area contributed by atoms with Crippen LogP contribution in [0.1, 0.15) is 39.5 Å². The fourth-order valence-corrected chi connectivity index (χ4v) is 2.31. The molecule has 1 saturated heterocycles. The minimum Gasteiger partial charge on any atom is -0.374 e. The molecule has 5 nitrogen and oxygen atoms in total. The highest BCUT2D eigenvalue weighted by atomic mass is 16.6. The summed E-state index contributed by atoms with van der Waals surface area (Å²) in [6.45, 7) is 4.31. The standard InChI is InChI=1S/C10H17N2O3/c1-3-11-9(13)15-10(12(11)14)6-4-8(2)5-7-10/h8H,3-7H2,1-2H3/q+1. The average Bonchev–Trinajstić information content (AvgIpc) is 2.44. The molecular weight excluding hydrogens is 196 g/mol. The average molecular weight is 213 g/mol. The van der Waals surface area contributed by atoms with Crippen LogP contribution < -0.4 is 0 Å². The molecule has 0 N–H and O–H groups in total. The van der Waals surface area contributed by atoms with Crippen LogP contribution in [0.25, 0.3) is 0 Å². The third kappa shape index (κ3) is 1.50. The Labute approximate surface area is 88.9 Å². The summed E-state index contributed by atoms with van der Waals surface area (Å²) in [7, 11) is 0. The largest absolute Gasteiger partial charge is 0.472 e. The molecule has 1 aliphatic heterocycles. The Morgan fingerprint density at radius 3 is 2.60 bits per heavy atom. The van der Waals surface area contributed by atoms with E-state index in [1.807, 2.05) is 0 Å². The molecule has 0 aromatic rings. The number of amides is 1. The van der Waals surface area contributed by atoms with Gasteiger partial charge in [-0.2, -0.15) is 0 Å². The van der Waals surface area contributed by atoms with Gasteiger partial charge in [-0.3, -0.25) is 0 Å². The van der Waals surface area contributed by atoms with Gasteiger partial charge in [0.25, 0.3) is 0 Å². The summed E-state index contributed by atoms with van der Waals surface area (Å²) in [5, 5.41) is 1.13. The van der Waals surface area contributed by atoms with Crippen molar-refractivity contribution in [2.45, 2.75) is 45.3 Å². The van der Waals surface area contributed by atoms with E-state index in [-0.39, 0.29) is 0 Å². The lowest BCUT2D eigenvalue weighted by Gasteiger charge is -2.25. The molecule has 0 radical (unpaired) electrons. The summed E-state index contributed by atoms with van der Waals surface area (Å²) < 4.78 is 5.25. The van der Waals surface area contributed by atoms with Gasteiger partial charge in [-0.15, -0.1) is 0 Å². The number of hydrogen-bond donors (Lipinski definition) is 0. The van der Waals surface area contributed by atoms with Gasteiger partial charge in [0.05, 0.1) is 24.3 Å². The minimum atomic E-state index is -0.889. The highest BCUT2D eigenvalue weighted by Crippen LogP contribution is 2.39. The first kappa shape index (κ1) is 10.4. The van der Waals surface area contributed by atoms with Crippen LogP contribution in [0.15, 0.2) is 0 Å². The van der Waals surface area contributed by atoms with Crippen LogP contribution in [0.4, 0.5) is 4.79 Å². The second-order valence-electron chi connectivity index (χ2n) is 4.49. The molecule has 1 heterocycles. The molecule has 1 aliphatic carbocycles. The molecule has 2 rings (SSSR count). The van der Waals surface area contributed by atoms with Crippen molar-refractivity contribution < 1.29 is 14.4 Å². The summed E-state index contributed by atoms with van der Waals surface area (Å²) in [5.41, 5.74) is -0.889. The topological polar surface area (TPSA) is 49.6 Å². The maximum Gasteiger partial charge on any atom is 0.472 e. The first-order valence-corrected chi connectivity index (χ1v) is 5.57. The molecular formula is C10H17N2O3+. The van der Waals surface area contributed by atoms with Crippen LogP contribution in [0.3, 0.4) is 0 Å². The van der Waals surface area contributed by atoms with Crippen molar-refractivity contribution in [2.75, 3.05) is 6.54 Å². The van der Waals surface area contributed by atoms with E-state index in [0.29, 0.717) is 25.3 Å². The molecule has 2 aliphatic rings. The molecule has 1 spiro atoms. The highest BCUT2D eigenvalue weighted by Gasteiger charge is 2.62. The van der Waals surface area contributed by atoms with E-state index in [9.17, 15) is 9.70 Å². The molecule has 0 aromatic carbocycles. The SMILES string of the molecule is CCN1C(=O)OC2(CCC(C)CC2)[N+]1=O. The number of nitrogens with zero attached hydrogens (tertiary/aromatic N) is 2. The van der Waals surface area contributed by atoms with Crippen molar-refractivity contribution in [3.8, 4) is 0 Å². The van der Waals surface area contributed by atoms with E-state index in [1.165, 1.54) is 0 Å². The molecule has 0 atom stereocenters. The molecule has 5 heteroatoms.